The summed E-state index contributed by atoms with van der Waals surface area (Å²) in [5.41, 5.74) is 8.99. The number of nitrogens with one attached hydrogen (secondary N) is 1. The van der Waals surface area contributed by atoms with Gasteiger partial charge in [0.05, 0.1) is 4.91 Å². The third kappa shape index (κ3) is 2.68. The summed E-state index contributed by atoms with van der Waals surface area (Å²) in [6.07, 6.45) is 5.17. The SMILES string of the molecule is Nc1ccc(-c2cncc3cc(/C=C4\SC(=S)NC4=O)oc23)cc1. The normalized spacial score (nSPS) is 16.1. The van der Waals surface area contributed by atoms with Crippen LogP contribution in [0.1, 0.15) is 5.76 Å². The fourth-order valence-electron chi connectivity index (χ4n) is 2.47. The van der Waals surface area contributed by atoms with Gasteiger partial charge in [-0.2, -0.15) is 0 Å². The maximum absolute atomic E-state index is 11.8. The summed E-state index contributed by atoms with van der Waals surface area (Å²) in [6.45, 7) is 0. The Bertz CT molecular complexity index is 1010. The molecule has 118 valence electrons. The van der Waals surface area contributed by atoms with Gasteiger partial charge in [0.15, 0.2) is 0 Å². The Labute approximate surface area is 146 Å². The van der Waals surface area contributed by atoms with Gasteiger partial charge >= 0.3 is 0 Å². The van der Waals surface area contributed by atoms with Crippen molar-refractivity contribution in [2.45, 2.75) is 0 Å². The van der Waals surface area contributed by atoms with Crippen LogP contribution >= 0.6 is 24.0 Å². The Hall–Kier alpha value is -2.64. The number of fused-ring (bicyclic) bond motifs is 1. The molecule has 1 aromatic carbocycles. The highest BCUT2D eigenvalue weighted by atomic mass is 32.2. The molecular formula is C17H11N3O2S2. The molecule has 3 aromatic rings. The number of amides is 1. The number of nitrogens with zero attached hydrogens (tertiary/aromatic N) is 1. The maximum atomic E-state index is 11.8. The number of nitrogen functional groups attached to an aromatic ring is 1. The van der Waals surface area contributed by atoms with Crippen molar-refractivity contribution in [1.82, 2.24) is 10.3 Å². The van der Waals surface area contributed by atoms with E-state index in [0.29, 0.717) is 26.3 Å². The Kier molecular flexibility index (Phi) is 3.59. The number of furan rings is 1. The predicted octanol–water partition coefficient (Wildman–Crippen LogP) is 3.57. The van der Waals surface area contributed by atoms with E-state index in [1.165, 1.54) is 11.8 Å². The molecule has 1 aliphatic rings. The number of thioether (sulfide) groups is 1. The number of hydrogen-bond donors (Lipinski definition) is 2. The second-order valence-electron chi connectivity index (χ2n) is 5.23. The highest BCUT2D eigenvalue weighted by molar-refractivity contribution is 8.26. The summed E-state index contributed by atoms with van der Waals surface area (Å²) in [7, 11) is 0. The van der Waals surface area contributed by atoms with Crippen molar-refractivity contribution in [2.75, 3.05) is 5.73 Å². The summed E-state index contributed by atoms with van der Waals surface area (Å²) in [6, 6.07) is 9.36. The van der Waals surface area contributed by atoms with Crippen LogP contribution in [-0.4, -0.2) is 15.2 Å². The molecule has 0 atom stereocenters. The van der Waals surface area contributed by atoms with Crippen molar-refractivity contribution in [2.24, 2.45) is 0 Å². The number of hydrogen-bond acceptors (Lipinski definition) is 6. The zero-order chi connectivity index (χ0) is 16.7. The summed E-state index contributed by atoms with van der Waals surface area (Å²) in [5.74, 6) is 0.374. The minimum atomic E-state index is -0.206. The van der Waals surface area contributed by atoms with Crippen molar-refractivity contribution in [3.05, 3.63) is 53.4 Å². The molecule has 1 fully saturated rings. The highest BCUT2D eigenvalue weighted by Gasteiger charge is 2.22. The summed E-state index contributed by atoms with van der Waals surface area (Å²) in [5, 5.41) is 3.45. The molecule has 0 spiro atoms. The summed E-state index contributed by atoms with van der Waals surface area (Å²) < 4.78 is 6.40. The number of thiocarbonyl (C=S) groups is 1. The molecule has 1 amide bonds. The monoisotopic (exact) mass is 353 g/mol. The molecule has 3 N–H and O–H groups in total. The van der Waals surface area contributed by atoms with E-state index in [1.807, 2.05) is 30.3 Å². The molecule has 1 saturated heterocycles. The van der Waals surface area contributed by atoms with Crippen molar-refractivity contribution in [3.8, 4) is 11.1 Å². The molecule has 2 aromatic heterocycles. The van der Waals surface area contributed by atoms with Gasteiger partial charge in [-0.1, -0.05) is 36.1 Å². The zero-order valence-corrected chi connectivity index (χ0v) is 13.9. The van der Waals surface area contributed by atoms with Crippen LogP contribution in [-0.2, 0) is 4.79 Å². The first-order valence-electron chi connectivity index (χ1n) is 7.08. The molecule has 3 heterocycles. The fraction of sp³-hybridized carbons (Fsp3) is 0. The molecule has 7 heteroatoms. The van der Waals surface area contributed by atoms with E-state index >= 15 is 0 Å². The van der Waals surface area contributed by atoms with E-state index in [1.54, 1.807) is 18.5 Å². The fourth-order valence-corrected chi connectivity index (χ4v) is 3.50. The van der Waals surface area contributed by atoms with E-state index in [9.17, 15) is 4.79 Å². The van der Waals surface area contributed by atoms with Crippen LogP contribution in [0.5, 0.6) is 0 Å². The second-order valence-corrected chi connectivity index (χ2v) is 6.95. The number of nitrogens with two attached hydrogens (primary N) is 1. The summed E-state index contributed by atoms with van der Waals surface area (Å²) in [4.78, 5) is 16.6. The molecule has 0 bridgehead atoms. The van der Waals surface area contributed by atoms with Crippen molar-refractivity contribution in [3.63, 3.8) is 0 Å². The number of pyridine rings is 1. The Morgan fingerprint density at radius 2 is 2.04 bits per heavy atom. The van der Waals surface area contributed by atoms with Crippen LogP contribution in [0.3, 0.4) is 0 Å². The van der Waals surface area contributed by atoms with Crippen LogP contribution < -0.4 is 11.1 Å². The number of carbonyl (C=O) groups excluding carboxylic acids is 1. The van der Waals surface area contributed by atoms with Crippen molar-refractivity contribution in [1.29, 1.82) is 0 Å². The Balaban J connectivity index is 1.80. The topological polar surface area (TPSA) is 81.1 Å². The van der Waals surface area contributed by atoms with Gasteiger partial charge in [0.2, 0.25) is 0 Å². The Morgan fingerprint density at radius 1 is 1.25 bits per heavy atom. The quantitative estimate of drug-likeness (QED) is 0.416. The minimum absolute atomic E-state index is 0.206. The Morgan fingerprint density at radius 3 is 2.75 bits per heavy atom. The van der Waals surface area contributed by atoms with E-state index < -0.39 is 0 Å². The van der Waals surface area contributed by atoms with Gasteiger partial charge in [0.1, 0.15) is 15.7 Å². The second kappa shape index (κ2) is 5.77. The van der Waals surface area contributed by atoms with Gasteiger partial charge in [-0.05, 0) is 23.8 Å². The molecule has 0 radical (unpaired) electrons. The largest absolute Gasteiger partial charge is 0.456 e. The molecule has 4 rings (SSSR count). The lowest BCUT2D eigenvalue weighted by Crippen LogP contribution is -2.17. The summed E-state index contributed by atoms with van der Waals surface area (Å²) >= 11 is 6.21. The first-order chi connectivity index (χ1) is 11.6. The zero-order valence-electron chi connectivity index (χ0n) is 12.3. The first-order valence-corrected chi connectivity index (χ1v) is 8.31. The van der Waals surface area contributed by atoms with Crippen LogP contribution in [0, 0.1) is 0 Å². The van der Waals surface area contributed by atoms with Crippen molar-refractivity contribution < 1.29 is 9.21 Å². The number of anilines is 1. The molecule has 5 nitrogen and oxygen atoms in total. The number of rotatable bonds is 2. The van der Waals surface area contributed by atoms with Crippen LogP contribution in [0.25, 0.3) is 28.2 Å². The van der Waals surface area contributed by atoms with Crippen LogP contribution in [0.4, 0.5) is 5.69 Å². The molecule has 0 aliphatic carbocycles. The number of benzene rings is 1. The van der Waals surface area contributed by atoms with Gasteiger partial charge in [0.25, 0.3) is 5.91 Å². The van der Waals surface area contributed by atoms with Crippen LogP contribution in [0.15, 0.2) is 52.0 Å². The molecular weight excluding hydrogens is 342 g/mol. The van der Waals surface area contributed by atoms with Gasteiger partial charge in [-0.15, -0.1) is 0 Å². The lowest BCUT2D eigenvalue weighted by Gasteiger charge is -2.02. The highest BCUT2D eigenvalue weighted by Crippen LogP contribution is 2.33. The van der Waals surface area contributed by atoms with E-state index in [2.05, 4.69) is 10.3 Å². The van der Waals surface area contributed by atoms with E-state index in [0.717, 1.165) is 16.5 Å². The van der Waals surface area contributed by atoms with Crippen molar-refractivity contribution >= 4 is 56.9 Å². The molecule has 0 unspecified atom stereocenters. The lowest BCUT2D eigenvalue weighted by atomic mass is 10.1. The standard InChI is InChI=1S/C17H11N3O2S2/c18-11-3-1-9(2-4-11)13-8-19-7-10-5-12(22-15(10)13)6-14-16(21)20-17(23)24-14/h1-8H,18H2,(H,20,21,23)/b14-6-. The van der Waals surface area contributed by atoms with Crippen LogP contribution in [0.2, 0.25) is 0 Å². The van der Waals surface area contributed by atoms with E-state index in [4.69, 9.17) is 22.4 Å². The maximum Gasteiger partial charge on any atom is 0.263 e. The number of aromatic nitrogens is 1. The van der Waals surface area contributed by atoms with Gasteiger partial charge in [0, 0.05) is 35.1 Å². The average molecular weight is 353 g/mol. The third-order valence-corrected chi connectivity index (χ3v) is 4.74. The van der Waals surface area contributed by atoms with Gasteiger partial charge in [-0.3, -0.25) is 9.78 Å². The van der Waals surface area contributed by atoms with E-state index in [-0.39, 0.29) is 5.91 Å². The molecule has 1 aliphatic heterocycles. The minimum Gasteiger partial charge on any atom is -0.456 e. The van der Waals surface area contributed by atoms with Gasteiger partial charge < -0.3 is 15.5 Å². The number of carbonyl (C=O) groups is 1. The molecule has 0 saturated carbocycles. The first kappa shape index (κ1) is 14.9. The molecule has 24 heavy (non-hydrogen) atoms. The average Bonchev–Trinajstić information content (AvgIpc) is 3.10. The predicted molar refractivity (Wildman–Crippen MR) is 100 cm³/mol. The van der Waals surface area contributed by atoms with Gasteiger partial charge in [-0.25, -0.2) is 0 Å². The smallest absolute Gasteiger partial charge is 0.263 e. The third-order valence-electron chi connectivity index (χ3n) is 3.58. The lowest BCUT2D eigenvalue weighted by molar-refractivity contribution is -0.115.